The van der Waals surface area contributed by atoms with Crippen LogP contribution < -0.4 is 5.32 Å². The van der Waals surface area contributed by atoms with Crippen molar-refractivity contribution in [3.8, 4) is 0 Å². The van der Waals surface area contributed by atoms with Gasteiger partial charge in [0, 0.05) is 35.7 Å². The summed E-state index contributed by atoms with van der Waals surface area (Å²) in [6.45, 7) is 1.71. The molecule has 3 aromatic rings. The van der Waals surface area contributed by atoms with Gasteiger partial charge in [-0.25, -0.2) is 22.8 Å². The fourth-order valence-electron chi connectivity index (χ4n) is 4.47. The van der Waals surface area contributed by atoms with Crippen molar-refractivity contribution in [1.82, 2.24) is 19.9 Å². The highest BCUT2D eigenvalue weighted by Crippen LogP contribution is 2.26. The molecule has 1 N–H and O–H groups in total. The molecule has 37 heavy (non-hydrogen) atoms. The van der Waals surface area contributed by atoms with Gasteiger partial charge in [-0.15, -0.1) is 0 Å². The van der Waals surface area contributed by atoms with E-state index >= 15 is 0 Å². The summed E-state index contributed by atoms with van der Waals surface area (Å²) >= 11 is 6.03. The van der Waals surface area contributed by atoms with Crippen molar-refractivity contribution >= 4 is 39.5 Å². The Morgan fingerprint density at radius 2 is 1.78 bits per heavy atom. The lowest BCUT2D eigenvalue weighted by Crippen LogP contribution is -2.36. The van der Waals surface area contributed by atoms with Crippen LogP contribution in [0.3, 0.4) is 0 Å². The summed E-state index contributed by atoms with van der Waals surface area (Å²) in [5.74, 6) is -0.675. The highest BCUT2D eigenvalue weighted by atomic mass is 35.5. The first kappa shape index (κ1) is 27.2. The van der Waals surface area contributed by atoms with E-state index in [1.165, 1.54) is 18.2 Å². The molecule has 1 aromatic carbocycles. The summed E-state index contributed by atoms with van der Waals surface area (Å²) in [4.78, 5) is 15.3. The van der Waals surface area contributed by atoms with E-state index in [1.807, 2.05) is 0 Å². The molecular formula is C27H31ClFN5O2S. The van der Waals surface area contributed by atoms with Crippen LogP contribution in [0.4, 0.5) is 10.3 Å². The smallest absolute Gasteiger partial charge is 0.222 e. The zero-order valence-electron chi connectivity index (χ0n) is 21.2. The molecule has 0 atom stereocenters. The molecule has 2 heterocycles. The predicted octanol–water partition coefficient (Wildman–Crippen LogP) is 5.40. The first-order valence-electron chi connectivity index (χ1n) is 12.2. The fourth-order valence-corrected chi connectivity index (χ4v) is 6.33. The van der Waals surface area contributed by atoms with Crippen LogP contribution in [0, 0.1) is 12.7 Å². The van der Waals surface area contributed by atoms with Crippen molar-refractivity contribution in [2.24, 2.45) is 0 Å². The van der Waals surface area contributed by atoms with Crippen LogP contribution in [0.5, 0.6) is 0 Å². The van der Waals surface area contributed by atoms with E-state index in [4.69, 9.17) is 11.6 Å². The molecule has 7 nitrogen and oxygen atoms in total. The minimum atomic E-state index is -3.85. The van der Waals surface area contributed by atoms with Gasteiger partial charge < -0.3 is 10.2 Å². The quantitative estimate of drug-likeness (QED) is 0.407. The standard InChI is InChI=1S/C27H31ClFN5O2S/c1-18-20(14-24(29)25(32-18)17-37(35,36)26-7-5-4-6-23(26)28)9-8-19-15-30-27(31-16-19)33-21-10-12-22(13-11-21)34(2)3/h4-9,14-16,21-22H,10-13,17H2,1-3H3,(H,30,31,33)/b9-8+. The maximum atomic E-state index is 14.8. The number of anilines is 1. The Labute approximate surface area is 222 Å². The third-order valence-electron chi connectivity index (χ3n) is 6.66. The van der Waals surface area contributed by atoms with E-state index in [0.717, 1.165) is 31.2 Å². The highest BCUT2D eigenvalue weighted by Gasteiger charge is 2.23. The first-order chi connectivity index (χ1) is 17.6. The summed E-state index contributed by atoms with van der Waals surface area (Å²) in [5, 5.41) is 3.51. The molecule has 0 amide bonds. The molecule has 1 aliphatic rings. The van der Waals surface area contributed by atoms with Crippen molar-refractivity contribution in [2.45, 2.75) is 55.3 Å². The van der Waals surface area contributed by atoms with Crippen molar-refractivity contribution in [3.05, 3.63) is 76.1 Å². The molecule has 1 fully saturated rings. The van der Waals surface area contributed by atoms with E-state index in [2.05, 4.69) is 39.3 Å². The van der Waals surface area contributed by atoms with E-state index in [1.54, 1.807) is 43.6 Å². The number of hydrogen-bond donors (Lipinski definition) is 1. The third kappa shape index (κ3) is 6.91. The van der Waals surface area contributed by atoms with E-state index < -0.39 is 21.4 Å². The number of aromatic nitrogens is 3. The van der Waals surface area contributed by atoms with Crippen molar-refractivity contribution in [3.63, 3.8) is 0 Å². The Morgan fingerprint density at radius 3 is 2.43 bits per heavy atom. The van der Waals surface area contributed by atoms with Gasteiger partial charge in [0.1, 0.15) is 11.6 Å². The van der Waals surface area contributed by atoms with Gasteiger partial charge >= 0.3 is 0 Å². The van der Waals surface area contributed by atoms with Crippen LogP contribution in [-0.2, 0) is 15.6 Å². The number of nitrogens with one attached hydrogen (secondary N) is 1. The second-order valence-electron chi connectivity index (χ2n) is 9.57. The molecule has 196 valence electrons. The largest absolute Gasteiger partial charge is 0.351 e. The number of aryl methyl sites for hydroxylation is 1. The lowest BCUT2D eigenvalue weighted by molar-refractivity contribution is 0.221. The highest BCUT2D eigenvalue weighted by molar-refractivity contribution is 7.90. The number of benzene rings is 1. The average Bonchev–Trinajstić information content (AvgIpc) is 2.86. The lowest BCUT2D eigenvalue weighted by Gasteiger charge is -2.32. The second-order valence-corrected chi connectivity index (χ2v) is 11.9. The Morgan fingerprint density at radius 1 is 1.11 bits per heavy atom. The van der Waals surface area contributed by atoms with Crippen LogP contribution in [-0.4, -0.2) is 54.4 Å². The number of nitrogens with zero attached hydrogens (tertiary/aromatic N) is 4. The molecule has 0 bridgehead atoms. The summed E-state index contributed by atoms with van der Waals surface area (Å²) in [7, 11) is 0.402. The Bertz CT molecular complexity index is 1370. The van der Waals surface area contributed by atoms with Crippen molar-refractivity contribution in [1.29, 1.82) is 0 Å². The maximum absolute atomic E-state index is 14.8. The van der Waals surface area contributed by atoms with Gasteiger partial charge in [0.15, 0.2) is 9.84 Å². The molecule has 0 aliphatic heterocycles. The first-order valence-corrected chi connectivity index (χ1v) is 14.2. The van der Waals surface area contributed by atoms with Gasteiger partial charge in [-0.1, -0.05) is 35.9 Å². The molecule has 0 radical (unpaired) electrons. The third-order valence-corrected chi connectivity index (χ3v) is 8.79. The van der Waals surface area contributed by atoms with Crippen LogP contribution in [0.15, 0.2) is 47.6 Å². The molecule has 1 saturated carbocycles. The topological polar surface area (TPSA) is 88.1 Å². The Balaban J connectivity index is 1.40. The molecule has 4 rings (SSSR count). The zero-order chi connectivity index (χ0) is 26.6. The number of halogens is 2. The summed E-state index contributed by atoms with van der Waals surface area (Å²) in [6.07, 6.45) is 11.4. The van der Waals surface area contributed by atoms with Gasteiger partial charge in [0.2, 0.25) is 5.95 Å². The van der Waals surface area contributed by atoms with Crippen molar-refractivity contribution in [2.75, 3.05) is 19.4 Å². The van der Waals surface area contributed by atoms with Crippen molar-refractivity contribution < 1.29 is 12.8 Å². The summed E-state index contributed by atoms with van der Waals surface area (Å²) < 4.78 is 40.3. The Hall–Kier alpha value is -2.88. The van der Waals surface area contributed by atoms with Gasteiger partial charge in [-0.3, -0.25) is 4.98 Å². The monoisotopic (exact) mass is 543 g/mol. The zero-order valence-corrected chi connectivity index (χ0v) is 22.7. The number of hydrogen-bond acceptors (Lipinski definition) is 7. The molecule has 1 aliphatic carbocycles. The van der Waals surface area contributed by atoms with Crippen LogP contribution in [0.25, 0.3) is 12.2 Å². The summed E-state index contributed by atoms with van der Waals surface area (Å²) in [5.41, 5.74) is 1.66. The average molecular weight is 544 g/mol. The number of sulfone groups is 1. The molecular weight excluding hydrogens is 513 g/mol. The molecule has 0 unspecified atom stereocenters. The fraction of sp³-hybridized carbons (Fsp3) is 0.370. The number of pyridine rings is 1. The summed E-state index contributed by atoms with van der Waals surface area (Å²) in [6, 6.07) is 8.39. The van der Waals surface area contributed by atoms with Crippen LogP contribution >= 0.6 is 11.6 Å². The van der Waals surface area contributed by atoms with Gasteiger partial charge in [-0.2, -0.15) is 0 Å². The molecule has 0 spiro atoms. The van der Waals surface area contributed by atoms with Gasteiger partial charge in [-0.05, 0) is 70.5 Å². The van der Waals surface area contributed by atoms with Gasteiger partial charge in [0.05, 0.1) is 15.6 Å². The van der Waals surface area contributed by atoms with Crippen LogP contribution in [0.1, 0.15) is 48.2 Å². The maximum Gasteiger partial charge on any atom is 0.222 e. The second kappa shape index (κ2) is 11.7. The minimum absolute atomic E-state index is 0.0429. The van der Waals surface area contributed by atoms with E-state index in [9.17, 15) is 12.8 Å². The predicted molar refractivity (Wildman–Crippen MR) is 146 cm³/mol. The van der Waals surface area contributed by atoms with Crippen LogP contribution in [0.2, 0.25) is 5.02 Å². The van der Waals surface area contributed by atoms with Gasteiger partial charge in [0.25, 0.3) is 0 Å². The Kier molecular flexibility index (Phi) is 8.56. The molecule has 2 aromatic heterocycles. The number of rotatable bonds is 8. The molecule has 0 saturated heterocycles. The van der Waals surface area contributed by atoms with E-state index in [-0.39, 0.29) is 15.6 Å². The SMILES string of the molecule is Cc1nc(CS(=O)(=O)c2ccccc2Cl)c(F)cc1/C=C/c1cnc(NC2CCC(N(C)C)CC2)nc1. The lowest BCUT2D eigenvalue weighted by atomic mass is 9.91. The van der Waals surface area contributed by atoms with E-state index in [0.29, 0.717) is 29.3 Å². The normalized spacial score (nSPS) is 18.4. The molecule has 10 heteroatoms. The minimum Gasteiger partial charge on any atom is -0.351 e.